The van der Waals surface area contributed by atoms with Gasteiger partial charge < -0.3 is 15.3 Å². The van der Waals surface area contributed by atoms with Gasteiger partial charge in [0.15, 0.2) is 0 Å². The molecule has 3 aromatic carbocycles. The highest BCUT2D eigenvalue weighted by atomic mass is 16.4. The number of phenols is 1. The van der Waals surface area contributed by atoms with Crippen LogP contribution in [0.1, 0.15) is 26.3 Å². The highest BCUT2D eigenvalue weighted by Gasteiger charge is 2.11. The topological polar surface area (TPSA) is 107 Å². The molecule has 0 heterocycles. The average molecular weight is 335 g/mol. The zero-order valence-corrected chi connectivity index (χ0v) is 12.9. The van der Waals surface area contributed by atoms with Crippen LogP contribution in [0.2, 0.25) is 0 Å². The molecule has 0 bridgehead atoms. The van der Waals surface area contributed by atoms with E-state index in [4.69, 9.17) is 10.2 Å². The third kappa shape index (κ3) is 3.32. The van der Waals surface area contributed by atoms with Crippen LogP contribution < -0.4 is 0 Å². The predicted octanol–water partition coefficient (Wildman–Crippen LogP) is 3.69. The number of aromatic hydroxyl groups is 1. The smallest absolute Gasteiger partial charge is 0.335 e. The fraction of sp³-hybridized carbons (Fsp3) is 0. The van der Waals surface area contributed by atoms with Gasteiger partial charge in [-0.1, -0.05) is 30.3 Å². The Hall–Kier alpha value is -3.67. The summed E-state index contributed by atoms with van der Waals surface area (Å²) in [5.74, 6) is -2.46. The van der Waals surface area contributed by atoms with Gasteiger partial charge in [-0.2, -0.15) is 0 Å². The number of nitrogens with zero attached hydrogens (tertiary/aromatic N) is 1. The Morgan fingerprint density at radius 3 is 2.16 bits per heavy atom. The largest absolute Gasteiger partial charge is 0.507 e. The van der Waals surface area contributed by atoms with Gasteiger partial charge in [-0.25, -0.2) is 9.59 Å². The molecule has 124 valence electrons. The molecule has 3 rings (SSSR count). The van der Waals surface area contributed by atoms with Crippen molar-refractivity contribution in [2.75, 3.05) is 0 Å². The summed E-state index contributed by atoms with van der Waals surface area (Å²) >= 11 is 0. The van der Waals surface area contributed by atoms with E-state index < -0.39 is 11.9 Å². The van der Waals surface area contributed by atoms with Crippen molar-refractivity contribution in [1.82, 2.24) is 0 Å². The first-order valence-corrected chi connectivity index (χ1v) is 7.32. The van der Waals surface area contributed by atoms with E-state index in [1.807, 2.05) is 24.3 Å². The molecule has 6 heteroatoms. The van der Waals surface area contributed by atoms with Crippen molar-refractivity contribution in [2.24, 2.45) is 4.99 Å². The van der Waals surface area contributed by atoms with Gasteiger partial charge in [-0.05, 0) is 35.0 Å². The monoisotopic (exact) mass is 335 g/mol. The van der Waals surface area contributed by atoms with E-state index in [2.05, 4.69) is 4.99 Å². The molecule has 0 aliphatic heterocycles. The molecular weight excluding hydrogens is 322 g/mol. The van der Waals surface area contributed by atoms with Gasteiger partial charge in [-0.15, -0.1) is 0 Å². The molecule has 0 aliphatic carbocycles. The number of carboxylic acids is 2. The normalized spacial score (nSPS) is 11.0. The first-order chi connectivity index (χ1) is 12.0. The Kier molecular flexibility index (Phi) is 4.18. The molecular formula is C19H13NO5. The van der Waals surface area contributed by atoms with Crippen LogP contribution in [0.25, 0.3) is 10.8 Å². The summed E-state index contributed by atoms with van der Waals surface area (Å²) in [6.07, 6.45) is 1.39. The minimum Gasteiger partial charge on any atom is -0.507 e. The fourth-order valence-corrected chi connectivity index (χ4v) is 2.49. The minimum atomic E-state index is -1.24. The van der Waals surface area contributed by atoms with E-state index >= 15 is 0 Å². The van der Waals surface area contributed by atoms with E-state index in [-0.39, 0.29) is 22.6 Å². The quantitative estimate of drug-likeness (QED) is 0.630. The molecule has 0 amide bonds. The number of aliphatic imine (C=N–C) groups is 1. The molecule has 0 saturated heterocycles. The third-order valence-corrected chi connectivity index (χ3v) is 3.70. The number of hydrogen-bond acceptors (Lipinski definition) is 4. The second kappa shape index (κ2) is 6.45. The summed E-state index contributed by atoms with van der Waals surface area (Å²) in [4.78, 5) is 26.5. The summed E-state index contributed by atoms with van der Waals surface area (Å²) in [5, 5.41) is 30.0. The van der Waals surface area contributed by atoms with Crippen LogP contribution in [-0.2, 0) is 0 Å². The van der Waals surface area contributed by atoms with Gasteiger partial charge in [-0.3, -0.25) is 4.99 Å². The molecule has 0 unspecified atom stereocenters. The molecule has 0 aromatic heterocycles. The van der Waals surface area contributed by atoms with E-state index in [0.29, 0.717) is 5.56 Å². The van der Waals surface area contributed by atoms with Crippen LogP contribution in [0.15, 0.2) is 59.6 Å². The average Bonchev–Trinajstić information content (AvgIpc) is 2.60. The Morgan fingerprint density at radius 2 is 1.52 bits per heavy atom. The molecule has 0 fully saturated rings. The van der Waals surface area contributed by atoms with Crippen molar-refractivity contribution in [3.8, 4) is 5.75 Å². The zero-order valence-electron chi connectivity index (χ0n) is 12.9. The number of rotatable bonds is 4. The molecule has 25 heavy (non-hydrogen) atoms. The van der Waals surface area contributed by atoms with Crippen LogP contribution in [0.3, 0.4) is 0 Å². The molecule has 0 saturated carbocycles. The summed E-state index contributed by atoms with van der Waals surface area (Å²) in [5.41, 5.74) is 0.295. The lowest BCUT2D eigenvalue weighted by Gasteiger charge is -2.05. The molecule has 0 aliphatic rings. The third-order valence-electron chi connectivity index (χ3n) is 3.70. The maximum absolute atomic E-state index is 11.1. The maximum Gasteiger partial charge on any atom is 0.335 e. The van der Waals surface area contributed by atoms with E-state index in [1.54, 1.807) is 12.1 Å². The second-order valence-corrected chi connectivity index (χ2v) is 5.36. The lowest BCUT2D eigenvalue weighted by molar-refractivity contribution is 0.0696. The van der Waals surface area contributed by atoms with Crippen LogP contribution in [-0.4, -0.2) is 33.5 Å². The van der Waals surface area contributed by atoms with Crippen LogP contribution in [0, 0.1) is 0 Å². The summed E-state index contributed by atoms with van der Waals surface area (Å²) in [7, 11) is 0. The number of carboxylic acid groups (broad SMARTS) is 2. The van der Waals surface area contributed by atoms with Gasteiger partial charge >= 0.3 is 11.9 Å². The Balaban J connectivity index is 2.10. The molecule has 3 aromatic rings. The Bertz CT molecular complexity index is 991. The van der Waals surface area contributed by atoms with Crippen molar-refractivity contribution in [3.05, 3.63) is 71.3 Å². The van der Waals surface area contributed by atoms with Crippen molar-refractivity contribution in [1.29, 1.82) is 0 Å². The number of fused-ring (bicyclic) bond motifs is 1. The molecule has 6 nitrogen and oxygen atoms in total. The van der Waals surface area contributed by atoms with Gasteiger partial charge in [0, 0.05) is 11.8 Å². The van der Waals surface area contributed by atoms with Crippen molar-refractivity contribution in [3.63, 3.8) is 0 Å². The summed E-state index contributed by atoms with van der Waals surface area (Å²) < 4.78 is 0. The van der Waals surface area contributed by atoms with Crippen LogP contribution >= 0.6 is 0 Å². The molecule has 3 N–H and O–H groups in total. The summed E-state index contributed by atoms with van der Waals surface area (Å²) in [6.45, 7) is 0. The molecule has 0 radical (unpaired) electrons. The highest BCUT2D eigenvalue weighted by Crippen LogP contribution is 2.26. The van der Waals surface area contributed by atoms with Crippen molar-refractivity contribution < 1.29 is 24.9 Å². The second-order valence-electron chi connectivity index (χ2n) is 5.36. The number of phenolic OH excluding ortho intramolecular Hbond substituents is 1. The van der Waals surface area contributed by atoms with Crippen LogP contribution in [0.4, 0.5) is 5.69 Å². The fourth-order valence-electron chi connectivity index (χ4n) is 2.49. The SMILES string of the molecule is O=C(O)c1cc(N=Cc2c(O)ccc3ccccc23)cc(C(=O)O)c1. The summed E-state index contributed by atoms with van der Waals surface area (Å²) in [6, 6.07) is 14.3. The lowest BCUT2D eigenvalue weighted by atomic mass is 10.0. The minimum absolute atomic E-state index is 0.0234. The Morgan fingerprint density at radius 1 is 0.880 bits per heavy atom. The van der Waals surface area contributed by atoms with Gasteiger partial charge in [0.2, 0.25) is 0 Å². The van der Waals surface area contributed by atoms with E-state index in [9.17, 15) is 14.7 Å². The highest BCUT2D eigenvalue weighted by molar-refractivity contribution is 6.03. The van der Waals surface area contributed by atoms with Gasteiger partial charge in [0.1, 0.15) is 5.75 Å². The first kappa shape index (κ1) is 16.2. The van der Waals surface area contributed by atoms with E-state index in [1.165, 1.54) is 18.3 Å². The molecule has 0 spiro atoms. The number of hydrogen-bond donors (Lipinski definition) is 3. The number of carbonyl (C=O) groups is 2. The standard InChI is InChI=1S/C19H13NO5/c21-17-6-5-11-3-1-2-4-15(11)16(17)10-20-14-8-12(18(22)23)7-13(9-14)19(24)25/h1-10,21H,(H,22,23)(H,24,25). The first-order valence-electron chi connectivity index (χ1n) is 7.32. The maximum atomic E-state index is 11.1. The van der Waals surface area contributed by atoms with Crippen LogP contribution in [0.5, 0.6) is 5.75 Å². The lowest BCUT2D eigenvalue weighted by Crippen LogP contribution is -2.01. The Labute approximate surface area is 142 Å². The number of benzene rings is 3. The molecule has 0 atom stereocenters. The van der Waals surface area contributed by atoms with E-state index in [0.717, 1.165) is 16.8 Å². The number of aromatic carboxylic acids is 2. The zero-order chi connectivity index (χ0) is 18.0. The van der Waals surface area contributed by atoms with Crippen molar-refractivity contribution in [2.45, 2.75) is 0 Å². The predicted molar refractivity (Wildman–Crippen MR) is 93.2 cm³/mol. The van der Waals surface area contributed by atoms with Crippen molar-refractivity contribution >= 4 is 34.6 Å². The van der Waals surface area contributed by atoms with Gasteiger partial charge in [0.25, 0.3) is 0 Å². The van der Waals surface area contributed by atoms with Gasteiger partial charge in [0.05, 0.1) is 16.8 Å².